The summed E-state index contributed by atoms with van der Waals surface area (Å²) in [6, 6.07) is 0. The fourth-order valence-corrected chi connectivity index (χ4v) is 2.04. The first-order valence-corrected chi connectivity index (χ1v) is 7.37. The van der Waals surface area contributed by atoms with Gasteiger partial charge in [0.15, 0.2) is 5.78 Å². The third-order valence-corrected chi connectivity index (χ3v) is 3.22. The number of carbonyl (C=O) groups is 1. The fourth-order valence-electron chi connectivity index (χ4n) is 2.04. The Morgan fingerprint density at radius 3 is 2.44 bits per heavy atom. The molecular weight excluding hydrogens is 226 g/mol. The number of hydrogen-bond donors (Lipinski definition) is 0. The van der Waals surface area contributed by atoms with Gasteiger partial charge in [-0.1, -0.05) is 20.3 Å². The van der Waals surface area contributed by atoms with Crippen LogP contribution in [-0.2, 0) is 9.53 Å². The van der Waals surface area contributed by atoms with Crippen LogP contribution in [0.25, 0.3) is 0 Å². The quantitative estimate of drug-likeness (QED) is 0.503. The lowest BCUT2D eigenvalue weighted by molar-refractivity contribution is -0.127. The Morgan fingerprint density at radius 2 is 1.89 bits per heavy atom. The molecule has 0 aromatic carbocycles. The van der Waals surface area contributed by atoms with E-state index in [4.69, 9.17) is 4.74 Å². The molecule has 0 aliphatic heterocycles. The molecule has 0 heterocycles. The number of ketones is 1. The summed E-state index contributed by atoms with van der Waals surface area (Å²) < 4.78 is 5.47. The number of carbonyl (C=O) groups excluding carboxylic acids is 1. The maximum Gasteiger partial charge on any atom is 0.161 e. The smallest absolute Gasteiger partial charge is 0.161 e. The molecule has 0 fully saturated rings. The number of ether oxygens (including phenoxy) is 1. The normalized spacial score (nSPS) is 12.9. The van der Waals surface area contributed by atoms with Crippen molar-refractivity contribution >= 4 is 5.78 Å². The molecule has 0 radical (unpaired) electrons. The van der Waals surface area contributed by atoms with Crippen molar-refractivity contribution in [3.63, 3.8) is 0 Å². The van der Waals surface area contributed by atoms with Gasteiger partial charge in [-0.25, -0.2) is 0 Å². The molecule has 0 aliphatic carbocycles. The van der Waals surface area contributed by atoms with E-state index in [1.165, 1.54) is 12.8 Å². The van der Waals surface area contributed by atoms with Gasteiger partial charge in [-0.05, 0) is 52.7 Å². The molecule has 0 rings (SSSR count). The second-order valence-electron chi connectivity index (χ2n) is 5.28. The second kappa shape index (κ2) is 11.7. The largest absolute Gasteiger partial charge is 0.374 e. The zero-order valence-electron chi connectivity index (χ0n) is 12.7. The highest BCUT2D eigenvalue weighted by Crippen LogP contribution is 2.12. The number of unbranched alkanes of at least 4 members (excludes halogenated alkanes) is 2. The molecule has 0 aromatic rings. The van der Waals surface area contributed by atoms with E-state index in [1.807, 2.05) is 0 Å². The Morgan fingerprint density at radius 1 is 1.17 bits per heavy atom. The molecular formula is C15H31NO2. The van der Waals surface area contributed by atoms with Crippen LogP contribution in [-0.4, -0.2) is 44.5 Å². The minimum absolute atomic E-state index is 0.212. The molecule has 0 aliphatic rings. The Labute approximate surface area is 113 Å². The summed E-state index contributed by atoms with van der Waals surface area (Å²) in [5.41, 5.74) is 0. The van der Waals surface area contributed by atoms with Gasteiger partial charge in [0, 0.05) is 12.5 Å². The van der Waals surface area contributed by atoms with Crippen molar-refractivity contribution in [2.45, 2.75) is 52.4 Å². The molecule has 3 heteroatoms. The molecule has 1 atom stereocenters. The minimum Gasteiger partial charge on any atom is -0.374 e. The van der Waals surface area contributed by atoms with Crippen LogP contribution in [0.5, 0.6) is 0 Å². The molecule has 0 N–H and O–H groups in total. The van der Waals surface area contributed by atoms with Crippen molar-refractivity contribution in [3.05, 3.63) is 0 Å². The summed E-state index contributed by atoms with van der Waals surface area (Å²) >= 11 is 0. The van der Waals surface area contributed by atoms with Crippen molar-refractivity contribution in [1.29, 1.82) is 0 Å². The average molecular weight is 257 g/mol. The predicted octanol–water partition coefficient (Wildman–Crippen LogP) is 3.13. The van der Waals surface area contributed by atoms with E-state index in [0.29, 0.717) is 6.61 Å². The zero-order chi connectivity index (χ0) is 13.8. The molecule has 0 aromatic heterocycles. The topological polar surface area (TPSA) is 29.5 Å². The van der Waals surface area contributed by atoms with Crippen LogP contribution in [0, 0.1) is 5.92 Å². The highest BCUT2D eigenvalue weighted by atomic mass is 16.5. The van der Waals surface area contributed by atoms with Crippen LogP contribution in [0.15, 0.2) is 0 Å². The van der Waals surface area contributed by atoms with Crippen LogP contribution < -0.4 is 0 Å². The van der Waals surface area contributed by atoms with Gasteiger partial charge >= 0.3 is 0 Å². The van der Waals surface area contributed by atoms with Gasteiger partial charge in [0.05, 0.1) is 0 Å². The zero-order valence-corrected chi connectivity index (χ0v) is 12.7. The van der Waals surface area contributed by atoms with E-state index in [1.54, 1.807) is 0 Å². The van der Waals surface area contributed by atoms with Crippen molar-refractivity contribution in [2.75, 3.05) is 33.9 Å². The van der Waals surface area contributed by atoms with Gasteiger partial charge < -0.3 is 9.64 Å². The molecule has 3 nitrogen and oxygen atoms in total. The van der Waals surface area contributed by atoms with E-state index in [0.717, 1.165) is 38.8 Å². The summed E-state index contributed by atoms with van der Waals surface area (Å²) in [6.45, 7) is 6.38. The molecule has 0 saturated heterocycles. The third kappa shape index (κ3) is 9.60. The third-order valence-electron chi connectivity index (χ3n) is 3.22. The first-order valence-electron chi connectivity index (χ1n) is 7.37. The Bertz CT molecular complexity index is 205. The maximum atomic E-state index is 11.8. The summed E-state index contributed by atoms with van der Waals surface area (Å²) in [6.07, 6.45) is 6.47. The molecule has 108 valence electrons. The highest BCUT2D eigenvalue weighted by molar-refractivity contribution is 5.82. The van der Waals surface area contributed by atoms with Gasteiger partial charge in [-0.15, -0.1) is 0 Å². The Balaban J connectivity index is 3.44. The maximum absolute atomic E-state index is 11.8. The second-order valence-corrected chi connectivity index (χ2v) is 5.28. The molecule has 0 amide bonds. The Hall–Kier alpha value is -0.410. The minimum atomic E-state index is 0.212. The van der Waals surface area contributed by atoms with Crippen molar-refractivity contribution in [3.8, 4) is 0 Å². The number of hydrogen-bond acceptors (Lipinski definition) is 3. The molecule has 0 spiro atoms. The average Bonchev–Trinajstić information content (AvgIpc) is 2.34. The first kappa shape index (κ1) is 17.6. The van der Waals surface area contributed by atoms with E-state index in [-0.39, 0.29) is 11.7 Å². The van der Waals surface area contributed by atoms with Crippen LogP contribution >= 0.6 is 0 Å². The van der Waals surface area contributed by atoms with Crippen molar-refractivity contribution in [2.24, 2.45) is 5.92 Å². The molecule has 18 heavy (non-hydrogen) atoms. The van der Waals surface area contributed by atoms with Crippen LogP contribution in [0.4, 0.5) is 0 Å². The lowest BCUT2D eigenvalue weighted by Gasteiger charge is -2.12. The summed E-state index contributed by atoms with van der Waals surface area (Å²) in [5.74, 6) is 0.497. The van der Waals surface area contributed by atoms with Gasteiger partial charge in [-0.3, -0.25) is 4.79 Å². The van der Waals surface area contributed by atoms with E-state index in [9.17, 15) is 4.79 Å². The van der Waals surface area contributed by atoms with Crippen molar-refractivity contribution in [1.82, 2.24) is 4.90 Å². The van der Waals surface area contributed by atoms with Crippen LogP contribution in [0.1, 0.15) is 52.4 Å². The standard InChI is InChI=1S/C15H31NO2/c1-5-10-14(6-2)15(17)13-18-12-9-7-8-11-16(3)4/h14H,5-13H2,1-4H3. The lowest BCUT2D eigenvalue weighted by Crippen LogP contribution is -2.19. The number of nitrogens with zero attached hydrogens (tertiary/aromatic N) is 1. The van der Waals surface area contributed by atoms with Crippen LogP contribution in [0.2, 0.25) is 0 Å². The van der Waals surface area contributed by atoms with E-state index < -0.39 is 0 Å². The number of rotatable bonds is 12. The summed E-state index contributed by atoms with van der Waals surface area (Å²) in [5, 5.41) is 0. The molecule has 0 saturated carbocycles. The highest BCUT2D eigenvalue weighted by Gasteiger charge is 2.14. The monoisotopic (exact) mass is 257 g/mol. The van der Waals surface area contributed by atoms with Gasteiger partial charge in [0.25, 0.3) is 0 Å². The van der Waals surface area contributed by atoms with Crippen LogP contribution in [0.3, 0.4) is 0 Å². The fraction of sp³-hybridized carbons (Fsp3) is 0.933. The molecule has 1 unspecified atom stereocenters. The van der Waals surface area contributed by atoms with Gasteiger partial charge in [-0.2, -0.15) is 0 Å². The lowest BCUT2D eigenvalue weighted by atomic mass is 9.96. The summed E-state index contributed by atoms with van der Waals surface area (Å²) in [4.78, 5) is 14.0. The van der Waals surface area contributed by atoms with Gasteiger partial charge in [0.1, 0.15) is 6.61 Å². The van der Waals surface area contributed by atoms with Crippen molar-refractivity contribution < 1.29 is 9.53 Å². The van der Waals surface area contributed by atoms with Gasteiger partial charge in [0.2, 0.25) is 0 Å². The first-order chi connectivity index (χ1) is 8.61. The Kier molecular flexibility index (Phi) is 11.4. The SMILES string of the molecule is CCCC(CC)C(=O)COCCCCCN(C)C. The van der Waals surface area contributed by atoms with E-state index >= 15 is 0 Å². The predicted molar refractivity (Wildman–Crippen MR) is 76.9 cm³/mol. The van der Waals surface area contributed by atoms with E-state index in [2.05, 4.69) is 32.8 Å². The molecule has 0 bridgehead atoms. The number of Topliss-reactive ketones (excluding diaryl/α,β-unsaturated/α-hetero) is 1. The summed E-state index contributed by atoms with van der Waals surface area (Å²) in [7, 11) is 4.18.